The Morgan fingerprint density at radius 1 is 1.43 bits per heavy atom. The molecule has 1 heterocycles. The first-order valence-corrected chi connectivity index (χ1v) is 7.56. The SMILES string of the molecule is Cn1nc(Oc2ccc([N+](=O)[O-])c(OCOCC(=O)O)c2)c(Cl)c1C(F)(F)F. The van der Waals surface area contributed by atoms with Crippen LogP contribution in [0.1, 0.15) is 5.69 Å². The first kappa shape index (κ1) is 21.2. The normalized spacial score (nSPS) is 11.3. The van der Waals surface area contributed by atoms with Gasteiger partial charge in [-0.15, -0.1) is 5.10 Å². The van der Waals surface area contributed by atoms with Crippen molar-refractivity contribution >= 4 is 23.3 Å². The van der Waals surface area contributed by atoms with E-state index in [9.17, 15) is 28.1 Å². The molecule has 2 aromatic rings. The van der Waals surface area contributed by atoms with Crippen LogP contribution in [0.4, 0.5) is 18.9 Å². The van der Waals surface area contributed by atoms with Gasteiger partial charge in [-0.1, -0.05) is 11.6 Å². The van der Waals surface area contributed by atoms with Crippen molar-refractivity contribution in [1.82, 2.24) is 9.78 Å². The lowest BCUT2D eigenvalue weighted by Crippen LogP contribution is -2.12. The first-order chi connectivity index (χ1) is 13.0. The summed E-state index contributed by atoms with van der Waals surface area (Å²) in [6, 6.07) is 3.07. The van der Waals surface area contributed by atoms with Crippen LogP contribution in [0.3, 0.4) is 0 Å². The van der Waals surface area contributed by atoms with E-state index in [1.165, 1.54) is 0 Å². The van der Waals surface area contributed by atoms with Gasteiger partial charge in [0.05, 0.1) is 4.92 Å². The smallest absolute Gasteiger partial charge is 0.434 e. The lowest BCUT2D eigenvalue weighted by molar-refractivity contribution is -0.386. The van der Waals surface area contributed by atoms with Gasteiger partial charge in [-0.25, -0.2) is 4.79 Å². The van der Waals surface area contributed by atoms with E-state index in [0.29, 0.717) is 4.68 Å². The highest BCUT2D eigenvalue weighted by Crippen LogP contribution is 2.41. The Bertz CT molecular complexity index is 901. The Kier molecular flexibility index (Phi) is 6.30. The summed E-state index contributed by atoms with van der Waals surface area (Å²) in [4.78, 5) is 20.6. The molecule has 0 radical (unpaired) electrons. The molecule has 1 N–H and O–H groups in total. The molecule has 0 bridgehead atoms. The minimum atomic E-state index is -4.77. The number of aromatic nitrogens is 2. The minimum Gasteiger partial charge on any atom is -0.480 e. The topological polar surface area (TPSA) is 126 Å². The molecule has 152 valence electrons. The van der Waals surface area contributed by atoms with Crippen LogP contribution in [0.5, 0.6) is 17.4 Å². The zero-order valence-corrected chi connectivity index (χ0v) is 14.7. The van der Waals surface area contributed by atoms with Crippen molar-refractivity contribution in [3.63, 3.8) is 0 Å². The van der Waals surface area contributed by atoms with Crippen LogP contribution in [-0.4, -0.2) is 39.2 Å². The van der Waals surface area contributed by atoms with Gasteiger partial charge in [0.25, 0.3) is 5.88 Å². The highest BCUT2D eigenvalue weighted by molar-refractivity contribution is 6.32. The van der Waals surface area contributed by atoms with Crippen LogP contribution in [-0.2, 0) is 22.8 Å². The predicted octanol–water partition coefficient (Wildman–Crippen LogP) is 3.23. The molecule has 0 atom stereocenters. The van der Waals surface area contributed by atoms with E-state index < -0.39 is 52.8 Å². The van der Waals surface area contributed by atoms with Crippen molar-refractivity contribution in [3.05, 3.63) is 39.0 Å². The van der Waals surface area contributed by atoms with Crippen molar-refractivity contribution in [3.8, 4) is 17.4 Å². The minimum absolute atomic E-state index is 0.160. The van der Waals surface area contributed by atoms with Crippen molar-refractivity contribution in [2.75, 3.05) is 13.4 Å². The number of carboxylic acids is 1. The van der Waals surface area contributed by atoms with E-state index in [1.54, 1.807) is 0 Å². The second kappa shape index (κ2) is 8.31. The molecule has 0 fully saturated rings. The summed E-state index contributed by atoms with van der Waals surface area (Å²) in [6.07, 6.45) is -4.77. The van der Waals surface area contributed by atoms with Gasteiger partial charge >= 0.3 is 17.8 Å². The molecular formula is C14H11ClF3N3O7. The van der Waals surface area contributed by atoms with Gasteiger partial charge in [-0.3, -0.25) is 14.8 Å². The summed E-state index contributed by atoms with van der Waals surface area (Å²) < 4.78 is 54.1. The van der Waals surface area contributed by atoms with Gasteiger partial charge in [0, 0.05) is 19.2 Å². The number of hydrogen-bond acceptors (Lipinski definition) is 7. The highest BCUT2D eigenvalue weighted by Gasteiger charge is 2.39. The molecule has 1 aromatic carbocycles. The van der Waals surface area contributed by atoms with Crippen LogP contribution in [0.25, 0.3) is 0 Å². The number of benzene rings is 1. The molecule has 10 nitrogen and oxygen atoms in total. The zero-order chi connectivity index (χ0) is 21.1. The number of aliphatic carboxylic acids is 1. The van der Waals surface area contributed by atoms with Gasteiger partial charge in [0.1, 0.15) is 17.4 Å². The van der Waals surface area contributed by atoms with Gasteiger partial charge in [-0.2, -0.15) is 13.2 Å². The molecular weight excluding hydrogens is 415 g/mol. The van der Waals surface area contributed by atoms with Gasteiger partial charge in [0.2, 0.25) is 5.75 Å². The average Bonchev–Trinajstić information content (AvgIpc) is 2.85. The third kappa shape index (κ3) is 5.01. The lowest BCUT2D eigenvalue weighted by atomic mass is 10.3. The Morgan fingerprint density at radius 2 is 2.11 bits per heavy atom. The molecule has 1 aromatic heterocycles. The molecule has 28 heavy (non-hydrogen) atoms. The van der Waals surface area contributed by atoms with E-state index in [2.05, 4.69) is 9.84 Å². The number of carboxylic acid groups (broad SMARTS) is 1. The fourth-order valence-corrected chi connectivity index (χ4v) is 2.32. The summed E-state index contributed by atoms with van der Waals surface area (Å²) >= 11 is 5.67. The number of nitrogens with zero attached hydrogens (tertiary/aromatic N) is 3. The molecule has 0 saturated heterocycles. The average molecular weight is 426 g/mol. The Morgan fingerprint density at radius 3 is 2.64 bits per heavy atom. The Labute approximate surface area is 159 Å². The third-order valence-electron chi connectivity index (χ3n) is 3.09. The van der Waals surface area contributed by atoms with E-state index >= 15 is 0 Å². The second-order valence-electron chi connectivity index (χ2n) is 5.08. The van der Waals surface area contributed by atoms with Crippen LogP contribution >= 0.6 is 11.6 Å². The highest BCUT2D eigenvalue weighted by atomic mass is 35.5. The van der Waals surface area contributed by atoms with Gasteiger partial charge < -0.3 is 19.3 Å². The number of alkyl halides is 3. The number of ether oxygens (including phenoxy) is 3. The predicted molar refractivity (Wildman–Crippen MR) is 85.5 cm³/mol. The maximum atomic E-state index is 12.9. The maximum Gasteiger partial charge on any atom is 0.434 e. The van der Waals surface area contributed by atoms with E-state index in [4.69, 9.17) is 26.2 Å². The monoisotopic (exact) mass is 425 g/mol. The van der Waals surface area contributed by atoms with Gasteiger partial charge in [0.15, 0.2) is 12.5 Å². The summed E-state index contributed by atoms with van der Waals surface area (Å²) in [5.74, 6) is -2.37. The van der Waals surface area contributed by atoms with Crippen LogP contribution < -0.4 is 9.47 Å². The quantitative estimate of drug-likeness (QED) is 0.295. The van der Waals surface area contributed by atoms with Crippen LogP contribution in [0, 0.1) is 10.1 Å². The lowest BCUT2D eigenvalue weighted by Gasteiger charge is -2.09. The molecule has 0 amide bonds. The largest absolute Gasteiger partial charge is 0.480 e. The number of halogens is 4. The Balaban J connectivity index is 2.26. The standard InChI is InChI=1S/C14H11ClF3N3O7/c1-20-12(14(16,17)18)11(15)13(19-20)28-7-2-3-8(21(24)25)9(4-7)27-6-26-5-10(22)23/h2-4H,5-6H2,1H3,(H,22,23). The fourth-order valence-electron chi connectivity index (χ4n) is 2.02. The van der Waals surface area contributed by atoms with Crippen molar-refractivity contribution < 1.29 is 42.2 Å². The molecule has 0 aliphatic heterocycles. The second-order valence-corrected chi connectivity index (χ2v) is 5.46. The van der Waals surface area contributed by atoms with Crippen molar-refractivity contribution in [2.24, 2.45) is 7.05 Å². The fraction of sp³-hybridized carbons (Fsp3) is 0.286. The molecule has 0 unspecified atom stereocenters. The molecule has 0 saturated carbocycles. The number of nitro benzene ring substituents is 1. The number of rotatable bonds is 8. The van der Waals surface area contributed by atoms with Crippen molar-refractivity contribution in [1.29, 1.82) is 0 Å². The molecule has 0 aliphatic rings. The summed E-state index contributed by atoms with van der Waals surface area (Å²) in [5, 5.41) is 22.2. The number of aryl methyl sites for hydroxylation is 1. The van der Waals surface area contributed by atoms with Crippen molar-refractivity contribution in [2.45, 2.75) is 6.18 Å². The van der Waals surface area contributed by atoms with Crippen LogP contribution in [0.2, 0.25) is 5.02 Å². The number of carbonyl (C=O) groups is 1. The summed E-state index contributed by atoms with van der Waals surface area (Å²) in [7, 11) is 1.02. The van der Waals surface area contributed by atoms with E-state index in [0.717, 1.165) is 25.2 Å². The first-order valence-electron chi connectivity index (χ1n) is 7.19. The van der Waals surface area contributed by atoms with E-state index in [1.807, 2.05) is 0 Å². The Hall–Kier alpha value is -3.06. The molecule has 0 aliphatic carbocycles. The van der Waals surface area contributed by atoms with Gasteiger partial charge in [-0.05, 0) is 6.07 Å². The summed E-state index contributed by atoms with van der Waals surface area (Å²) in [5.41, 5.74) is -1.74. The number of nitro groups is 1. The molecule has 2 rings (SSSR count). The van der Waals surface area contributed by atoms with Crippen LogP contribution in [0.15, 0.2) is 18.2 Å². The third-order valence-corrected chi connectivity index (χ3v) is 3.44. The number of hydrogen-bond donors (Lipinski definition) is 1. The van der Waals surface area contributed by atoms with E-state index in [-0.39, 0.29) is 11.5 Å². The maximum absolute atomic E-state index is 12.9. The zero-order valence-electron chi connectivity index (χ0n) is 13.9. The molecule has 14 heteroatoms. The summed E-state index contributed by atoms with van der Waals surface area (Å²) in [6.45, 7) is -1.33. The molecule has 0 spiro atoms.